The van der Waals surface area contributed by atoms with Gasteiger partial charge in [0, 0.05) is 23.9 Å². The number of hydrogen-bond donors (Lipinski definition) is 0. The minimum absolute atomic E-state index is 0.273. The molecule has 1 aliphatic carbocycles. The summed E-state index contributed by atoms with van der Waals surface area (Å²) in [6.45, 7) is 8.73. The lowest BCUT2D eigenvalue weighted by Gasteiger charge is -2.21. The zero-order valence-corrected chi connectivity index (χ0v) is 21.4. The smallest absolute Gasteiger partial charge is 0.182 e. The van der Waals surface area contributed by atoms with Crippen LogP contribution in [0, 0.1) is 19.7 Å². The average Bonchev–Trinajstić information content (AvgIpc) is 3.61. The summed E-state index contributed by atoms with van der Waals surface area (Å²) in [6.07, 6.45) is 12.1. The Hall–Kier alpha value is -3.26. The van der Waals surface area contributed by atoms with Gasteiger partial charge in [0.25, 0.3) is 0 Å². The van der Waals surface area contributed by atoms with Gasteiger partial charge in [-0.05, 0) is 69.6 Å². The second-order valence-electron chi connectivity index (χ2n) is 10.0. The van der Waals surface area contributed by atoms with Gasteiger partial charge in [-0.15, -0.1) is 0 Å². The van der Waals surface area contributed by atoms with E-state index >= 15 is 0 Å². The molecule has 2 aliphatic rings. The predicted molar refractivity (Wildman–Crippen MR) is 137 cm³/mol. The SMILES string of the molecule is Cc1nc2ncnc(-c3ccc(C(C)C)cc3F)c2nc1C.c1nn(C2CC2)cc1C1CCCCO1. The van der Waals surface area contributed by atoms with Gasteiger partial charge >= 0.3 is 0 Å². The molecule has 1 saturated heterocycles. The molecule has 4 heterocycles. The summed E-state index contributed by atoms with van der Waals surface area (Å²) < 4.78 is 22.3. The van der Waals surface area contributed by atoms with Crippen molar-refractivity contribution >= 4 is 11.2 Å². The number of halogens is 1. The highest BCUT2D eigenvalue weighted by Crippen LogP contribution is 2.36. The molecule has 6 rings (SSSR count). The van der Waals surface area contributed by atoms with E-state index < -0.39 is 0 Å². The van der Waals surface area contributed by atoms with E-state index in [1.165, 1.54) is 37.6 Å². The van der Waals surface area contributed by atoms with Crippen LogP contribution in [0.1, 0.15) is 86.5 Å². The minimum Gasteiger partial charge on any atom is -0.373 e. The number of rotatable bonds is 4. The predicted octanol–water partition coefficient (Wildman–Crippen LogP) is 6.43. The number of hydrogen-bond acceptors (Lipinski definition) is 6. The second kappa shape index (κ2) is 10.4. The van der Waals surface area contributed by atoms with Crippen LogP contribution in [0.3, 0.4) is 0 Å². The Morgan fingerprint density at radius 1 is 1.03 bits per heavy atom. The lowest BCUT2D eigenvalue weighted by atomic mass is 10.00. The normalized spacial score (nSPS) is 17.8. The molecule has 2 fully saturated rings. The highest BCUT2D eigenvalue weighted by molar-refractivity contribution is 5.86. The van der Waals surface area contributed by atoms with Gasteiger partial charge in [-0.2, -0.15) is 5.10 Å². The highest BCUT2D eigenvalue weighted by Gasteiger charge is 2.26. The van der Waals surface area contributed by atoms with Gasteiger partial charge in [0.2, 0.25) is 0 Å². The summed E-state index contributed by atoms with van der Waals surface area (Å²) in [5, 5.41) is 4.39. The molecule has 0 N–H and O–H groups in total. The fourth-order valence-corrected chi connectivity index (χ4v) is 4.38. The molecule has 0 bridgehead atoms. The first-order valence-electron chi connectivity index (χ1n) is 12.8. The largest absolute Gasteiger partial charge is 0.373 e. The first-order valence-corrected chi connectivity index (χ1v) is 12.8. The maximum atomic E-state index is 14.5. The summed E-state index contributed by atoms with van der Waals surface area (Å²) in [5.41, 5.74) is 5.76. The maximum absolute atomic E-state index is 14.5. The summed E-state index contributed by atoms with van der Waals surface area (Å²) in [5.74, 6) is -0.0263. The molecule has 0 amide bonds. The molecule has 8 heteroatoms. The number of ether oxygens (including phenoxy) is 1. The third kappa shape index (κ3) is 5.28. The van der Waals surface area contributed by atoms with Gasteiger partial charge in [-0.3, -0.25) is 4.68 Å². The molecule has 3 aromatic heterocycles. The van der Waals surface area contributed by atoms with Crippen LogP contribution in [0.2, 0.25) is 0 Å². The topological polar surface area (TPSA) is 78.6 Å². The fraction of sp³-hybridized carbons (Fsp3) is 0.464. The van der Waals surface area contributed by atoms with Gasteiger partial charge in [-0.25, -0.2) is 24.3 Å². The first kappa shape index (κ1) is 24.4. The Kier molecular flexibility index (Phi) is 7.05. The Morgan fingerprint density at radius 3 is 2.53 bits per heavy atom. The van der Waals surface area contributed by atoms with Crippen molar-refractivity contribution in [3.05, 3.63) is 65.3 Å². The molecule has 1 atom stereocenters. The lowest BCUT2D eigenvalue weighted by molar-refractivity contribution is 0.0149. The van der Waals surface area contributed by atoms with Crippen molar-refractivity contribution in [2.45, 2.75) is 77.9 Å². The van der Waals surface area contributed by atoms with Crippen LogP contribution in [0.4, 0.5) is 4.39 Å². The average molecular weight is 489 g/mol. The summed E-state index contributed by atoms with van der Waals surface area (Å²) in [6, 6.07) is 5.92. The molecular formula is C28H33FN6O. The number of fused-ring (bicyclic) bond motifs is 1. The summed E-state index contributed by atoms with van der Waals surface area (Å²) >= 11 is 0. The molecule has 1 aromatic carbocycles. The third-order valence-electron chi connectivity index (χ3n) is 6.89. The molecule has 36 heavy (non-hydrogen) atoms. The number of benzene rings is 1. The van der Waals surface area contributed by atoms with Gasteiger partial charge in [0.15, 0.2) is 5.65 Å². The van der Waals surface area contributed by atoms with Crippen molar-refractivity contribution < 1.29 is 9.13 Å². The lowest BCUT2D eigenvalue weighted by Crippen LogP contribution is -2.10. The third-order valence-corrected chi connectivity index (χ3v) is 6.89. The quantitative estimate of drug-likeness (QED) is 0.330. The van der Waals surface area contributed by atoms with Crippen LogP contribution < -0.4 is 0 Å². The second-order valence-corrected chi connectivity index (χ2v) is 10.0. The van der Waals surface area contributed by atoms with Gasteiger partial charge in [0.05, 0.1) is 29.7 Å². The van der Waals surface area contributed by atoms with Crippen LogP contribution in [0.5, 0.6) is 0 Å². The van der Waals surface area contributed by atoms with Crippen molar-refractivity contribution in [1.29, 1.82) is 0 Å². The molecule has 1 unspecified atom stereocenters. The summed E-state index contributed by atoms with van der Waals surface area (Å²) in [7, 11) is 0. The Morgan fingerprint density at radius 2 is 1.83 bits per heavy atom. The van der Waals surface area contributed by atoms with E-state index in [1.807, 2.05) is 40.0 Å². The molecule has 4 aromatic rings. The van der Waals surface area contributed by atoms with Crippen LogP contribution in [-0.4, -0.2) is 36.3 Å². The number of aromatic nitrogens is 6. The van der Waals surface area contributed by atoms with E-state index in [-0.39, 0.29) is 11.7 Å². The molecular weight excluding hydrogens is 455 g/mol. The zero-order valence-electron chi connectivity index (χ0n) is 21.4. The molecule has 0 spiro atoms. The van der Waals surface area contributed by atoms with Crippen molar-refractivity contribution in [1.82, 2.24) is 29.7 Å². The van der Waals surface area contributed by atoms with Crippen LogP contribution in [0.25, 0.3) is 22.4 Å². The summed E-state index contributed by atoms with van der Waals surface area (Å²) in [4.78, 5) is 17.3. The molecule has 188 valence electrons. The zero-order chi connectivity index (χ0) is 25.2. The van der Waals surface area contributed by atoms with E-state index in [0.717, 1.165) is 30.0 Å². The Bertz CT molecular complexity index is 1360. The van der Waals surface area contributed by atoms with Crippen molar-refractivity contribution in [2.75, 3.05) is 6.61 Å². The van der Waals surface area contributed by atoms with Crippen LogP contribution in [-0.2, 0) is 4.74 Å². The van der Waals surface area contributed by atoms with E-state index in [2.05, 4.69) is 35.9 Å². The monoisotopic (exact) mass is 488 g/mol. The van der Waals surface area contributed by atoms with E-state index in [9.17, 15) is 4.39 Å². The van der Waals surface area contributed by atoms with Gasteiger partial charge in [0.1, 0.15) is 23.4 Å². The Labute approximate surface area is 211 Å². The molecule has 1 aliphatic heterocycles. The van der Waals surface area contributed by atoms with Crippen molar-refractivity contribution in [3.8, 4) is 11.3 Å². The molecule has 1 saturated carbocycles. The van der Waals surface area contributed by atoms with Crippen molar-refractivity contribution in [2.24, 2.45) is 0 Å². The van der Waals surface area contributed by atoms with Crippen LogP contribution >= 0.6 is 0 Å². The number of nitrogens with zero attached hydrogens (tertiary/aromatic N) is 6. The minimum atomic E-state index is -0.300. The van der Waals surface area contributed by atoms with E-state index in [0.29, 0.717) is 34.6 Å². The van der Waals surface area contributed by atoms with E-state index in [1.54, 1.807) is 12.1 Å². The van der Waals surface area contributed by atoms with Gasteiger partial charge < -0.3 is 4.74 Å². The number of aryl methyl sites for hydroxylation is 2. The maximum Gasteiger partial charge on any atom is 0.182 e. The Balaban J connectivity index is 0.000000163. The highest BCUT2D eigenvalue weighted by atomic mass is 19.1. The molecule has 0 radical (unpaired) electrons. The van der Waals surface area contributed by atoms with Crippen molar-refractivity contribution in [3.63, 3.8) is 0 Å². The van der Waals surface area contributed by atoms with Gasteiger partial charge in [-0.1, -0.05) is 19.9 Å². The van der Waals surface area contributed by atoms with E-state index in [4.69, 9.17) is 4.74 Å². The standard InChI is InChI=1S/C17H17FN4.C11H16N2O/c1-9(2)12-5-6-13(14(18)7-12)15-16-17(20-8-19-15)22-11(4)10(3)21-16;1-2-6-14-11(3-1)9-7-12-13(8-9)10-4-5-10/h5-9H,1-4H3;7-8,10-11H,1-6H2. The molecule has 7 nitrogen and oxygen atoms in total. The first-order chi connectivity index (χ1) is 17.4. The van der Waals surface area contributed by atoms with Crippen LogP contribution in [0.15, 0.2) is 36.9 Å². The fourth-order valence-electron chi connectivity index (χ4n) is 4.38.